The Labute approximate surface area is 120 Å². The normalized spacial score (nSPS) is 20.8. The quantitative estimate of drug-likeness (QED) is 0.923. The van der Waals surface area contributed by atoms with Gasteiger partial charge in [0.15, 0.2) is 0 Å². The van der Waals surface area contributed by atoms with Crippen LogP contribution in [0.25, 0.3) is 0 Å². The van der Waals surface area contributed by atoms with Crippen LogP contribution in [-0.4, -0.2) is 19.2 Å². The molecule has 0 unspecified atom stereocenters. The Balaban J connectivity index is 1.73. The van der Waals surface area contributed by atoms with E-state index in [1.54, 1.807) is 0 Å². The third-order valence-electron chi connectivity index (χ3n) is 4.25. The highest BCUT2D eigenvalue weighted by Gasteiger charge is 2.30. The van der Waals surface area contributed by atoms with Crippen LogP contribution in [0.1, 0.15) is 22.8 Å². The lowest BCUT2D eigenvalue weighted by Gasteiger charge is -2.16. The molecule has 0 saturated heterocycles. The van der Waals surface area contributed by atoms with E-state index in [0.29, 0.717) is 5.92 Å². The van der Waals surface area contributed by atoms with Crippen molar-refractivity contribution in [2.45, 2.75) is 18.9 Å². The molecular weight excluding hydrogens is 246 g/mol. The zero-order valence-corrected chi connectivity index (χ0v) is 12.1. The van der Waals surface area contributed by atoms with E-state index in [-0.39, 0.29) is 6.10 Å². The number of aliphatic hydroxyl groups excluding tert-OH is 1. The second-order valence-corrected chi connectivity index (χ2v) is 5.87. The van der Waals surface area contributed by atoms with Gasteiger partial charge in [-0.3, -0.25) is 0 Å². The third-order valence-corrected chi connectivity index (χ3v) is 4.25. The first-order valence-corrected chi connectivity index (χ1v) is 7.17. The number of hydrogen-bond acceptors (Lipinski definition) is 2. The van der Waals surface area contributed by atoms with Crippen LogP contribution in [0, 0.1) is 5.92 Å². The Kier molecular flexibility index (Phi) is 3.49. The van der Waals surface area contributed by atoms with Crippen LogP contribution >= 0.6 is 0 Å². The van der Waals surface area contributed by atoms with Crippen molar-refractivity contribution in [2.75, 3.05) is 19.0 Å². The summed E-state index contributed by atoms with van der Waals surface area (Å²) < 4.78 is 0. The molecular formula is C18H21NO. The van der Waals surface area contributed by atoms with Crippen molar-refractivity contribution < 1.29 is 5.11 Å². The molecule has 0 amide bonds. The topological polar surface area (TPSA) is 23.5 Å². The van der Waals surface area contributed by atoms with Crippen LogP contribution in [0.2, 0.25) is 0 Å². The number of anilines is 1. The molecule has 0 aliphatic heterocycles. The predicted molar refractivity (Wildman–Crippen MR) is 83.1 cm³/mol. The molecule has 3 rings (SSSR count). The van der Waals surface area contributed by atoms with E-state index in [1.807, 2.05) is 20.2 Å². The van der Waals surface area contributed by atoms with E-state index in [1.165, 1.54) is 16.8 Å². The van der Waals surface area contributed by atoms with E-state index < -0.39 is 0 Å². The fourth-order valence-electron chi connectivity index (χ4n) is 3.07. The summed E-state index contributed by atoms with van der Waals surface area (Å²) in [5.74, 6) is 0.303. The minimum absolute atomic E-state index is 0.303. The Morgan fingerprint density at radius 3 is 2.40 bits per heavy atom. The number of aliphatic hydroxyl groups is 1. The Morgan fingerprint density at radius 2 is 1.75 bits per heavy atom. The Bertz CT molecular complexity index is 589. The highest BCUT2D eigenvalue weighted by Crippen LogP contribution is 2.37. The molecule has 0 saturated carbocycles. The van der Waals surface area contributed by atoms with Gasteiger partial charge in [-0.1, -0.05) is 36.4 Å². The Morgan fingerprint density at radius 1 is 1.05 bits per heavy atom. The van der Waals surface area contributed by atoms with Gasteiger partial charge in [-0.05, 0) is 47.6 Å². The number of hydrogen-bond donors (Lipinski definition) is 1. The van der Waals surface area contributed by atoms with Gasteiger partial charge in [0.05, 0.1) is 6.10 Å². The second kappa shape index (κ2) is 5.29. The standard InChI is InChI=1S/C18H21NO/c1-19(2)16-9-7-13(8-10-16)11-15-12-14-5-3-4-6-17(14)18(15)20/h3-10,15,18,20H,11-12H2,1-2H3/t15-,18+/m0/s1. The van der Waals surface area contributed by atoms with Gasteiger partial charge in [-0.15, -0.1) is 0 Å². The maximum atomic E-state index is 10.4. The Hall–Kier alpha value is -1.80. The van der Waals surface area contributed by atoms with Crippen molar-refractivity contribution in [3.63, 3.8) is 0 Å². The molecule has 2 heteroatoms. The zero-order valence-electron chi connectivity index (χ0n) is 12.1. The molecule has 0 spiro atoms. The van der Waals surface area contributed by atoms with Gasteiger partial charge in [-0.25, -0.2) is 0 Å². The molecule has 2 atom stereocenters. The fraction of sp³-hybridized carbons (Fsp3) is 0.333. The molecule has 1 N–H and O–H groups in total. The van der Waals surface area contributed by atoms with Crippen molar-refractivity contribution in [1.29, 1.82) is 0 Å². The summed E-state index contributed by atoms with van der Waals surface area (Å²) in [4.78, 5) is 2.10. The van der Waals surface area contributed by atoms with Crippen LogP contribution in [-0.2, 0) is 12.8 Å². The first kappa shape index (κ1) is 13.2. The fourth-order valence-corrected chi connectivity index (χ4v) is 3.07. The van der Waals surface area contributed by atoms with E-state index in [0.717, 1.165) is 18.4 Å². The van der Waals surface area contributed by atoms with Crippen molar-refractivity contribution in [1.82, 2.24) is 0 Å². The number of benzene rings is 2. The number of fused-ring (bicyclic) bond motifs is 1. The summed E-state index contributed by atoms with van der Waals surface area (Å²) in [5.41, 5.74) is 4.92. The van der Waals surface area contributed by atoms with Gasteiger partial charge in [0.2, 0.25) is 0 Å². The molecule has 0 bridgehead atoms. The highest BCUT2D eigenvalue weighted by molar-refractivity contribution is 5.46. The van der Waals surface area contributed by atoms with Gasteiger partial charge < -0.3 is 10.0 Å². The molecule has 0 radical (unpaired) electrons. The molecule has 2 nitrogen and oxygen atoms in total. The van der Waals surface area contributed by atoms with Crippen molar-refractivity contribution >= 4 is 5.69 Å². The van der Waals surface area contributed by atoms with E-state index in [9.17, 15) is 5.11 Å². The van der Waals surface area contributed by atoms with Gasteiger partial charge in [0.1, 0.15) is 0 Å². The van der Waals surface area contributed by atoms with Crippen molar-refractivity contribution in [3.8, 4) is 0 Å². The van der Waals surface area contributed by atoms with Gasteiger partial charge in [0, 0.05) is 19.8 Å². The molecule has 1 aliphatic rings. The molecule has 0 heterocycles. The summed E-state index contributed by atoms with van der Waals surface area (Å²) in [6.07, 6.45) is 1.59. The van der Waals surface area contributed by atoms with E-state index in [4.69, 9.17) is 0 Å². The molecule has 20 heavy (non-hydrogen) atoms. The summed E-state index contributed by atoms with van der Waals surface area (Å²) in [6, 6.07) is 16.9. The lowest BCUT2D eigenvalue weighted by molar-refractivity contribution is 0.123. The smallest absolute Gasteiger partial charge is 0.0827 e. The van der Waals surface area contributed by atoms with Crippen molar-refractivity contribution in [3.05, 3.63) is 65.2 Å². The first-order chi connectivity index (χ1) is 9.65. The monoisotopic (exact) mass is 267 g/mol. The van der Waals surface area contributed by atoms with Crippen LogP contribution in [0.4, 0.5) is 5.69 Å². The average Bonchev–Trinajstić information content (AvgIpc) is 2.77. The van der Waals surface area contributed by atoms with Crippen molar-refractivity contribution in [2.24, 2.45) is 5.92 Å². The maximum absolute atomic E-state index is 10.4. The van der Waals surface area contributed by atoms with Gasteiger partial charge in [-0.2, -0.15) is 0 Å². The first-order valence-electron chi connectivity index (χ1n) is 7.17. The summed E-state index contributed by atoms with van der Waals surface area (Å²) in [5, 5.41) is 10.4. The number of nitrogens with zero attached hydrogens (tertiary/aromatic N) is 1. The van der Waals surface area contributed by atoms with Crippen LogP contribution < -0.4 is 4.90 Å². The molecule has 0 aromatic heterocycles. The summed E-state index contributed by atoms with van der Waals surface area (Å²) >= 11 is 0. The van der Waals surface area contributed by atoms with Gasteiger partial charge in [0.25, 0.3) is 0 Å². The number of rotatable bonds is 3. The van der Waals surface area contributed by atoms with E-state index >= 15 is 0 Å². The average molecular weight is 267 g/mol. The predicted octanol–water partition coefficient (Wildman–Crippen LogP) is 3.20. The minimum atomic E-state index is -0.320. The summed E-state index contributed by atoms with van der Waals surface area (Å²) in [6.45, 7) is 0. The van der Waals surface area contributed by atoms with Crippen LogP contribution in [0.15, 0.2) is 48.5 Å². The zero-order chi connectivity index (χ0) is 14.1. The highest BCUT2D eigenvalue weighted by atomic mass is 16.3. The molecule has 0 fully saturated rings. The van der Waals surface area contributed by atoms with Gasteiger partial charge >= 0.3 is 0 Å². The maximum Gasteiger partial charge on any atom is 0.0827 e. The molecule has 2 aromatic rings. The lowest BCUT2D eigenvalue weighted by Crippen LogP contribution is -2.11. The van der Waals surface area contributed by atoms with E-state index in [2.05, 4.69) is 47.4 Å². The SMILES string of the molecule is CN(C)c1ccc(C[C@H]2Cc3ccccc3[C@@H]2O)cc1. The lowest BCUT2D eigenvalue weighted by atomic mass is 9.94. The molecule has 2 aromatic carbocycles. The van der Waals surface area contributed by atoms with Crippen LogP contribution in [0.3, 0.4) is 0 Å². The van der Waals surface area contributed by atoms with Crippen LogP contribution in [0.5, 0.6) is 0 Å². The minimum Gasteiger partial charge on any atom is -0.388 e. The second-order valence-electron chi connectivity index (χ2n) is 5.87. The summed E-state index contributed by atoms with van der Waals surface area (Å²) in [7, 11) is 4.10. The molecule has 104 valence electrons. The third kappa shape index (κ3) is 2.44. The molecule has 1 aliphatic carbocycles. The largest absolute Gasteiger partial charge is 0.388 e.